The van der Waals surface area contributed by atoms with Gasteiger partial charge in [0.2, 0.25) is 0 Å². The molecule has 2 aliphatic heterocycles. The molecule has 16 heavy (non-hydrogen) atoms. The van der Waals surface area contributed by atoms with Crippen LogP contribution in [0, 0.1) is 0 Å². The van der Waals surface area contributed by atoms with E-state index in [-0.39, 0.29) is 0 Å². The van der Waals surface area contributed by atoms with Crippen molar-refractivity contribution in [1.29, 1.82) is 0 Å². The number of hydrogen-bond donors (Lipinski definition) is 0. The second-order valence-electron chi connectivity index (χ2n) is 4.47. The summed E-state index contributed by atoms with van der Waals surface area (Å²) >= 11 is 8.64. The Kier molecular flexibility index (Phi) is 7.34. The lowest BCUT2D eigenvalue weighted by atomic mass is 10.2. The zero-order valence-corrected chi connectivity index (χ0v) is 13.1. The maximum Gasteiger partial charge on any atom is 0.0228 e. The van der Waals surface area contributed by atoms with Gasteiger partial charge in [0.15, 0.2) is 0 Å². The molecule has 2 heterocycles. The van der Waals surface area contributed by atoms with E-state index < -0.39 is 0 Å². The fourth-order valence-electron chi connectivity index (χ4n) is 1.68. The average molecular weight is 295 g/mol. The molecule has 2 fully saturated rings. The van der Waals surface area contributed by atoms with Crippen LogP contribution in [0.3, 0.4) is 0 Å². The van der Waals surface area contributed by atoms with Gasteiger partial charge in [0.25, 0.3) is 0 Å². The van der Waals surface area contributed by atoms with Crippen molar-refractivity contribution in [1.82, 2.24) is 0 Å². The monoisotopic (exact) mass is 294 g/mol. The largest absolute Gasteiger partial charge is 0.160 e. The van der Waals surface area contributed by atoms with Crippen LogP contribution in [-0.4, -0.2) is 45.0 Å². The molecule has 0 nitrogen and oxygen atoms in total. The summed E-state index contributed by atoms with van der Waals surface area (Å²) in [4.78, 5) is 0. The average Bonchev–Trinajstić information content (AvgIpc) is 2.15. The molecule has 2 saturated heterocycles. The second-order valence-corrected chi connectivity index (χ2v) is 9.44. The molecule has 0 bridgehead atoms. The highest BCUT2D eigenvalue weighted by atomic mass is 32.2. The van der Waals surface area contributed by atoms with Crippen LogP contribution in [0.4, 0.5) is 0 Å². The van der Waals surface area contributed by atoms with Crippen molar-refractivity contribution in [2.24, 2.45) is 0 Å². The van der Waals surface area contributed by atoms with Crippen molar-refractivity contribution in [3.05, 3.63) is 0 Å². The highest BCUT2D eigenvalue weighted by molar-refractivity contribution is 8.07. The molecule has 2 rings (SSSR count). The molecule has 0 atom stereocenters. The molecule has 0 aromatic heterocycles. The van der Waals surface area contributed by atoms with E-state index >= 15 is 0 Å². The van der Waals surface area contributed by atoms with E-state index in [4.69, 9.17) is 0 Å². The molecule has 4 heteroatoms. The molecule has 0 saturated carbocycles. The molecule has 0 aliphatic carbocycles. The highest BCUT2D eigenvalue weighted by Crippen LogP contribution is 2.31. The first-order valence-electron chi connectivity index (χ1n) is 6.34. The Morgan fingerprint density at radius 3 is 1.44 bits per heavy atom. The SMILES string of the molecule is C(CCCSC1CSC1)CCSC1CSC1. The third-order valence-electron chi connectivity index (χ3n) is 2.96. The summed E-state index contributed by atoms with van der Waals surface area (Å²) in [6, 6.07) is 0. The molecule has 0 aromatic carbocycles. The topological polar surface area (TPSA) is 0 Å². The first-order valence-corrected chi connectivity index (χ1v) is 10.7. The fraction of sp³-hybridized carbons (Fsp3) is 1.00. The summed E-state index contributed by atoms with van der Waals surface area (Å²) in [6.45, 7) is 0. The van der Waals surface area contributed by atoms with Gasteiger partial charge in [-0.2, -0.15) is 47.0 Å². The van der Waals surface area contributed by atoms with Gasteiger partial charge in [0, 0.05) is 33.5 Å². The lowest BCUT2D eigenvalue weighted by Crippen LogP contribution is -2.21. The minimum Gasteiger partial charge on any atom is -0.160 e. The zero-order valence-electron chi connectivity index (χ0n) is 9.86. The molecule has 2 aliphatic rings. The Balaban J connectivity index is 1.27. The van der Waals surface area contributed by atoms with Gasteiger partial charge in [-0.05, 0) is 24.3 Å². The summed E-state index contributed by atoms with van der Waals surface area (Å²) in [5.41, 5.74) is 0. The van der Waals surface area contributed by atoms with Gasteiger partial charge in [0.05, 0.1) is 0 Å². The van der Waals surface area contributed by atoms with Gasteiger partial charge in [-0.1, -0.05) is 12.8 Å². The van der Waals surface area contributed by atoms with Crippen molar-refractivity contribution < 1.29 is 0 Å². The van der Waals surface area contributed by atoms with Gasteiger partial charge >= 0.3 is 0 Å². The third-order valence-corrected chi connectivity index (χ3v) is 9.02. The smallest absolute Gasteiger partial charge is 0.0228 e. The molecule has 0 unspecified atom stereocenters. The molecule has 0 aromatic rings. The summed E-state index contributed by atoms with van der Waals surface area (Å²) < 4.78 is 0. The van der Waals surface area contributed by atoms with E-state index in [1.807, 2.05) is 0 Å². The van der Waals surface area contributed by atoms with E-state index in [0.29, 0.717) is 0 Å². The minimum atomic E-state index is 1.01. The third kappa shape index (κ3) is 5.36. The highest BCUT2D eigenvalue weighted by Gasteiger charge is 2.18. The summed E-state index contributed by atoms with van der Waals surface area (Å²) in [7, 11) is 0. The Hall–Kier alpha value is 1.40. The second kappa shape index (κ2) is 8.49. The molecule has 0 spiro atoms. The van der Waals surface area contributed by atoms with Crippen LogP contribution < -0.4 is 0 Å². The number of unbranched alkanes of at least 4 members (excludes halogenated alkanes) is 3. The van der Waals surface area contributed by atoms with Crippen molar-refractivity contribution in [3.63, 3.8) is 0 Å². The van der Waals surface area contributed by atoms with Crippen molar-refractivity contribution in [2.45, 2.75) is 36.2 Å². The minimum absolute atomic E-state index is 1.01. The van der Waals surface area contributed by atoms with Gasteiger partial charge in [0.1, 0.15) is 0 Å². The summed E-state index contributed by atoms with van der Waals surface area (Å²) in [6.07, 6.45) is 5.84. The zero-order chi connectivity index (χ0) is 11.1. The van der Waals surface area contributed by atoms with Crippen LogP contribution in [0.1, 0.15) is 25.7 Å². The van der Waals surface area contributed by atoms with Crippen LogP contribution in [-0.2, 0) is 0 Å². The van der Waals surface area contributed by atoms with Gasteiger partial charge < -0.3 is 0 Å². The lowest BCUT2D eigenvalue weighted by molar-refractivity contribution is 0.710. The predicted octanol–water partition coefficient (Wildman–Crippen LogP) is 4.24. The lowest BCUT2D eigenvalue weighted by Gasteiger charge is -2.24. The molecule has 0 N–H and O–H groups in total. The van der Waals surface area contributed by atoms with E-state index in [0.717, 1.165) is 10.5 Å². The molecule has 94 valence electrons. The fourth-order valence-corrected chi connectivity index (χ4v) is 6.64. The molecular formula is C12H22S4. The van der Waals surface area contributed by atoms with Crippen molar-refractivity contribution >= 4 is 47.0 Å². The quantitative estimate of drug-likeness (QED) is 0.583. The summed E-state index contributed by atoms with van der Waals surface area (Å²) in [5, 5.41) is 2.02. The van der Waals surface area contributed by atoms with Crippen LogP contribution in [0.25, 0.3) is 0 Å². The Bertz CT molecular complexity index is 158. The Morgan fingerprint density at radius 2 is 1.12 bits per heavy atom. The van der Waals surface area contributed by atoms with Crippen LogP contribution in [0.2, 0.25) is 0 Å². The first-order chi connectivity index (χ1) is 7.95. The standard InChI is InChI=1S/C12H22S4/c1(3-5-15-11-7-13-8-11)2-4-6-16-12-9-14-10-12/h11-12H,1-10H2. The Labute approximate surface area is 117 Å². The van der Waals surface area contributed by atoms with Crippen LogP contribution >= 0.6 is 47.0 Å². The van der Waals surface area contributed by atoms with Gasteiger partial charge in [-0.15, -0.1) is 0 Å². The molecule has 0 radical (unpaired) electrons. The first kappa shape index (κ1) is 13.8. The number of thioether (sulfide) groups is 4. The maximum atomic E-state index is 2.22. The number of hydrogen-bond acceptors (Lipinski definition) is 4. The van der Waals surface area contributed by atoms with Gasteiger partial charge in [-0.25, -0.2) is 0 Å². The van der Waals surface area contributed by atoms with E-state index in [1.165, 1.54) is 60.2 Å². The van der Waals surface area contributed by atoms with E-state index in [2.05, 4.69) is 47.0 Å². The van der Waals surface area contributed by atoms with Crippen molar-refractivity contribution in [3.8, 4) is 0 Å². The van der Waals surface area contributed by atoms with E-state index in [9.17, 15) is 0 Å². The number of rotatable bonds is 9. The maximum absolute atomic E-state index is 2.22. The van der Waals surface area contributed by atoms with Crippen molar-refractivity contribution in [2.75, 3.05) is 34.5 Å². The summed E-state index contributed by atoms with van der Waals surface area (Å²) in [5.74, 6) is 8.50. The molecular weight excluding hydrogens is 272 g/mol. The predicted molar refractivity (Wildman–Crippen MR) is 85.6 cm³/mol. The van der Waals surface area contributed by atoms with Crippen LogP contribution in [0.5, 0.6) is 0 Å². The van der Waals surface area contributed by atoms with E-state index in [1.54, 1.807) is 0 Å². The normalized spacial score (nSPS) is 21.8. The van der Waals surface area contributed by atoms with Gasteiger partial charge in [-0.3, -0.25) is 0 Å². The molecule has 0 amide bonds. The Morgan fingerprint density at radius 1 is 0.688 bits per heavy atom. The van der Waals surface area contributed by atoms with Crippen LogP contribution in [0.15, 0.2) is 0 Å².